The number of aromatic nitrogens is 1. The van der Waals surface area contributed by atoms with Crippen LogP contribution in [0.25, 0.3) is 0 Å². The van der Waals surface area contributed by atoms with Gasteiger partial charge in [-0.15, -0.1) is 0 Å². The van der Waals surface area contributed by atoms with Crippen molar-refractivity contribution < 1.29 is 18.7 Å². The maximum atomic E-state index is 13.2. The number of benzene rings is 2. The molecule has 0 spiro atoms. The van der Waals surface area contributed by atoms with Crippen LogP contribution >= 0.6 is 0 Å². The van der Waals surface area contributed by atoms with Crippen LogP contribution < -0.4 is 10.1 Å². The van der Waals surface area contributed by atoms with Crippen molar-refractivity contribution in [1.29, 1.82) is 0 Å². The van der Waals surface area contributed by atoms with E-state index in [1.54, 1.807) is 36.3 Å². The average Bonchev–Trinajstić information content (AvgIpc) is 2.84. The molecule has 2 amide bonds. The summed E-state index contributed by atoms with van der Waals surface area (Å²) >= 11 is 0. The normalized spacial score (nSPS) is 14.1. The molecule has 6 nitrogen and oxygen atoms in total. The minimum absolute atomic E-state index is 0.0683. The number of halogens is 1. The maximum absolute atomic E-state index is 13.2. The SMILES string of the molecule is COc1ccc(NC(=O)c2ccc(C)nc2C2CCN(C(=O)c3ccc(F)cc3)CC2)cc1. The first-order valence-corrected chi connectivity index (χ1v) is 10.9. The van der Waals surface area contributed by atoms with Gasteiger partial charge in [-0.2, -0.15) is 0 Å². The number of nitrogens with one attached hydrogen (secondary N) is 1. The summed E-state index contributed by atoms with van der Waals surface area (Å²) in [6.45, 7) is 3.01. The van der Waals surface area contributed by atoms with Crippen molar-refractivity contribution in [3.63, 3.8) is 0 Å². The fraction of sp³-hybridized carbons (Fsp3) is 0.269. The Morgan fingerprint density at radius 2 is 1.67 bits per heavy atom. The molecule has 1 N–H and O–H groups in total. The number of hydrogen-bond donors (Lipinski definition) is 1. The molecule has 3 aromatic rings. The number of methoxy groups -OCH3 is 1. The topological polar surface area (TPSA) is 71.5 Å². The fourth-order valence-corrected chi connectivity index (χ4v) is 4.08. The molecule has 4 rings (SSSR count). The van der Waals surface area contributed by atoms with Crippen LogP contribution in [-0.4, -0.2) is 41.9 Å². The molecular formula is C26H26FN3O3. The van der Waals surface area contributed by atoms with E-state index in [2.05, 4.69) is 5.32 Å². The molecule has 1 saturated heterocycles. The monoisotopic (exact) mass is 447 g/mol. The molecule has 0 atom stereocenters. The van der Waals surface area contributed by atoms with Crippen LogP contribution in [0.3, 0.4) is 0 Å². The number of amides is 2. The number of carbonyl (C=O) groups excluding carboxylic acids is 2. The summed E-state index contributed by atoms with van der Waals surface area (Å²) in [4.78, 5) is 32.3. The van der Waals surface area contributed by atoms with Gasteiger partial charge in [0, 0.05) is 36.0 Å². The number of nitrogens with zero attached hydrogens (tertiary/aromatic N) is 2. The van der Waals surface area contributed by atoms with Gasteiger partial charge in [-0.1, -0.05) is 0 Å². The third-order valence-electron chi connectivity index (χ3n) is 5.92. The first-order valence-electron chi connectivity index (χ1n) is 10.9. The first-order chi connectivity index (χ1) is 15.9. The van der Waals surface area contributed by atoms with E-state index in [1.165, 1.54) is 24.3 Å². The number of ether oxygens (including phenoxy) is 1. The van der Waals surface area contributed by atoms with Crippen LogP contribution in [-0.2, 0) is 0 Å². The summed E-state index contributed by atoms with van der Waals surface area (Å²) in [6, 6.07) is 16.4. The highest BCUT2D eigenvalue weighted by Gasteiger charge is 2.28. The fourth-order valence-electron chi connectivity index (χ4n) is 4.08. The second kappa shape index (κ2) is 9.81. The number of aryl methyl sites for hydroxylation is 1. The number of likely N-dealkylation sites (tertiary alicyclic amines) is 1. The highest BCUT2D eigenvalue weighted by atomic mass is 19.1. The minimum atomic E-state index is -0.365. The number of pyridine rings is 1. The van der Waals surface area contributed by atoms with Gasteiger partial charge in [-0.3, -0.25) is 14.6 Å². The van der Waals surface area contributed by atoms with Crippen LogP contribution in [0.2, 0.25) is 0 Å². The molecular weight excluding hydrogens is 421 g/mol. The molecule has 7 heteroatoms. The van der Waals surface area contributed by atoms with Crippen molar-refractivity contribution in [1.82, 2.24) is 9.88 Å². The van der Waals surface area contributed by atoms with E-state index in [0.717, 1.165) is 11.4 Å². The molecule has 0 radical (unpaired) electrons. The van der Waals surface area contributed by atoms with Gasteiger partial charge in [0.2, 0.25) is 0 Å². The van der Waals surface area contributed by atoms with Crippen molar-refractivity contribution in [2.24, 2.45) is 0 Å². The number of carbonyl (C=O) groups is 2. The summed E-state index contributed by atoms with van der Waals surface area (Å²) in [5.74, 6) is 0.0956. The van der Waals surface area contributed by atoms with Crippen molar-refractivity contribution in [2.75, 3.05) is 25.5 Å². The lowest BCUT2D eigenvalue weighted by Crippen LogP contribution is -2.38. The quantitative estimate of drug-likeness (QED) is 0.609. The predicted molar refractivity (Wildman–Crippen MR) is 124 cm³/mol. The number of piperidine rings is 1. The first kappa shape index (κ1) is 22.5. The summed E-state index contributed by atoms with van der Waals surface area (Å²) in [5, 5.41) is 2.93. The molecule has 1 aliphatic rings. The summed E-state index contributed by atoms with van der Waals surface area (Å²) in [7, 11) is 1.59. The van der Waals surface area contributed by atoms with Crippen LogP contribution in [0.4, 0.5) is 10.1 Å². The zero-order valence-corrected chi connectivity index (χ0v) is 18.7. The Balaban J connectivity index is 1.46. The lowest BCUT2D eigenvalue weighted by atomic mass is 9.89. The second-order valence-corrected chi connectivity index (χ2v) is 8.14. The molecule has 33 heavy (non-hydrogen) atoms. The summed E-state index contributed by atoms with van der Waals surface area (Å²) in [5.41, 5.74) is 3.29. The molecule has 1 aliphatic heterocycles. The van der Waals surface area contributed by atoms with Gasteiger partial charge in [-0.05, 0) is 80.4 Å². The van der Waals surface area contributed by atoms with Crippen LogP contribution in [0.15, 0.2) is 60.7 Å². The van der Waals surface area contributed by atoms with Gasteiger partial charge in [0.1, 0.15) is 11.6 Å². The molecule has 1 fully saturated rings. The highest BCUT2D eigenvalue weighted by Crippen LogP contribution is 2.30. The van der Waals surface area contributed by atoms with E-state index < -0.39 is 0 Å². The van der Waals surface area contributed by atoms with Gasteiger partial charge in [0.25, 0.3) is 11.8 Å². The van der Waals surface area contributed by atoms with E-state index in [1.807, 2.05) is 19.1 Å². The van der Waals surface area contributed by atoms with Crippen molar-refractivity contribution in [3.05, 3.63) is 89.0 Å². The van der Waals surface area contributed by atoms with Gasteiger partial charge in [0.15, 0.2) is 0 Å². The molecule has 0 aliphatic carbocycles. The third kappa shape index (κ3) is 5.19. The second-order valence-electron chi connectivity index (χ2n) is 8.14. The molecule has 1 aromatic heterocycles. The molecule has 0 unspecified atom stereocenters. The zero-order valence-electron chi connectivity index (χ0n) is 18.7. The summed E-state index contributed by atoms with van der Waals surface area (Å²) in [6.07, 6.45) is 1.40. The van der Waals surface area contributed by atoms with Gasteiger partial charge in [0.05, 0.1) is 18.4 Å². The lowest BCUT2D eigenvalue weighted by molar-refractivity contribution is 0.0711. The van der Waals surface area contributed by atoms with Gasteiger partial charge >= 0.3 is 0 Å². The molecule has 0 bridgehead atoms. The minimum Gasteiger partial charge on any atom is -0.497 e. The Hall–Kier alpha value is -3.74. The zero-order chi connectivity index (χ0) is 23.4. The highest BCUT2D eigenvalue weighted by molar-refractivity contribution is 6.05. The van der Waals surface area contributed by atoms with E-state index in [4.69, 9.17) is 9.72 Å². The third-order valence-corrected chi connectivity index (χ3v) is 5.92. The number of anilines is 1. The van der Waals surface area contributed by atoms with Crippen LogP contribution in [0.1, 0.15) is 50.9 Å². The molecule has 170 valence electrons. The number of rotatable bonds is 5. The summed E-state index contributed by atoms with van der Waals surface area (Å²) < 4.78 is 18.3. The Morgan fingerprint density at radius 3 is 2.30 bits per heavy atom. The maximum Gasteiger partial charge on any atom is 0.257 e. The Kier molecular flexibility index (Phi) is 6.68. The standard InChI is InChI=1S/C26H26FN3O3/c1-17-3-12-23(25(31)29-21-8-10-22(33-2)11-9-21)24(28-17)18-13-15-30(16-14-18)26(32)19-4-6-20(27)7-5-19/h3-12,18H,13-16H2,1-2H3,(H,29,31). The van der Waals surface area contributed by atoms with E-state index >= 15 is 0 Å². The van der Waals surface area contributed by atoms with Crippen LogP contribution in [0, 0.1) is 12.7 Å². The van der Waals surface area contributed by atoms with Crippen molar-refractivity contribution >= 4 is 17.5 Å². The van der Waals surface area contributed by atoms with Crippen LogP contribution in [0.5, 0.6) is 5.75 Å². The van der Waals surface area contributed by atoms with Crippen molar-refractivity contribution in [2.45, 2.75) is 25.7 Å². The van der Waals surface area contributed by atoms with E-state index in [-0.39, 0.29) is 23.5 Å². The largest absolute Gasteiger partial charge is 0.497 e. The Bertz CT molecular complexity index is 1140. The molecule has 2 aromatic carbocycles. The molecule has 2 heterocycles. The number of hydrogen-bond acceptors (Lipinski definition) is 4. The van der Waals surface area contributed by atoms with E-state index in [9.17, 15) is 14.0 Å². The van der Waals surface area contributed by atoms with Gasteiger partial charge < -0.3 is 15.0 Å². The van der Waals surface area contributed by atoms with Gasteiger partial charge in [-0.25, -0.2) is 4.39 Å². The Morgan fingerprint density at radius 1 is 1.00 bits per heavy atom. The average molecular weight is 448 g/mol. The Labute approximate surface area is 192 Å². The lowest BCUT2D eigenvalue weighted by Gasteiger charge is -2.32. The predicted octanol–water partition coefficient (Wildman–Crippen LogP) is 4.81. The van der Waals surface area contributed by atoms with Crippen molar-refractivity contribution in [3.8, 4) is 5.75 Å². The van der Waals surface area contributed by atoms with E-state index in [0.29, 0.717) is 48.5 Å². The smallest absolute Gasteiger partial charge is 0.257 e. The molecule has 0 saturated carbocycles.